The summed E-state index contributed by atoms with van der Waals surface area (Å²) in [5.41, 5.74) is 1.62. The Morgan fingerprint density at radius 2 is 2.17 bits per heavy atom. The number of aromatic amines is 1. The number of rotatable bonds is 6. The number of H-pyrrole nitrogens is 1. The van der Waals surface area contributed by atoms with E-state index < -0.39 is 10.0 Å². The fraction of sp³-hybridized carbons (Fsp3) is 0.545. The van der Waals surface area contributed by atoms with E-state index in [1.165, 1.54) is 4.31 Å². The molecule has 0 aliphatic carbocycles. The first-order valence-electron chi connectivity index (χ1n) is 5.63. The standard InChI is InChI=1S/C11H19N3O3S/c1-5-14(6-8(2)3)18(16,17)11-10(7-15)9(4)12-13-11/h15H,2,5-7H2,1,3-4H3,(H,12,13). The number of likely N-dealkylation sites (N-methyl/N-ethyl adjacent to an activating group) is 1. The van der Waals surface area contributed by atoms with Gasteiger partial charge >= 0.3 is 0 Å². The van der Waals surface area contributed by atoms with Crippen LogP contribution in [0.4, 0.5) is 0 Å². The monoisotopic (exact) mass is 273 g/mol. The summed E-state index contributed by atoms with van der Waals surface area (Å²) in [5.74, 6) is 0. The highest BCUT2D eigenvalue weighted by Gasteiger charge is 2.29. The third-order valence-corrected chi connectivity index (χ3v) is 4.47. The van der Waals surface area contributed by atoms with Crippen LogP contribution in [0.3, 0.4) is 0 Å². The molecule has 6 nitrogen and oxygen atoms in total. The molecular formula is C11H19N3O3S. The summed E-state index contributed by atoms with van der Waals surface area (Å²) in [5, 5.41) is 15.5. The lowest BCUT2D eigenvalue weighted by molar-refractivity contribution is 0.277. The molecule has 0 aromatic carbocycles. The van der Waals surface area contributed by atoms with Crippen molar-refractivity contribution in [2.24, 2.45) is 0 Å². The molecule has 0 spiro atoms. The fourth-order valence-electron chi connectivity index (χ4n) is 1.62. The third-order valence-electron chi connectivity index (χ3n) is 2.58. The number of hydrogen-bond donors (Lipinski definition) is 2. The lowest BCUT2D eigenvalue weighted by Crippen LogP contribution is -2.33. The van der Waals surface area contributed by atoms with Crippen LogP contribution in [0.15, 0.2) is 17.2 Å². The molecule has 7 heteroatoms. The van der Waals surface area contributed by atoms with Gasteiger partial charge in [0, 0.05) is 24.3 Å². The van der Waals surface area contributed by atoms with Gasteiger partial charge in [-0.1, -0.05) is 19.1 Å². The van der Waals surface area contributed by atoms with Crippen molar-refractivity contribution < 1.29 is 13.5 Å². The minimum atomic E-state index is -3.70. The van der Waals surface area contributed by atoms with Gasteiger partial charge in [0.15, 0.2) is 5.03 Å². The molecule has 1 heterocycles. The number of nitrogens with one attached hydrogen (secondary N) is 1. The van der Waals surface area contributed by atoms with E-state index in [1.54, 1.807) is 20.8 Å². The van der Waals surface area contributed by atoms with Gasteiger partial charge in [-0.3, -0.25) is 5.10 Å². The summed E-state index contributed by atoms with van der Waals surface area (Å²) in [6, 6.07) is 0. The molecule has 18 heavy (non-hydrogen) atoms. The van der Waals surface area contributed by atoms with E-state index in [0.717, 1.165) is 5.57 Å². The molecule has 0 saturated heterocycles. The Labute approximate surface area is 107 Å². The molecule has 1 aromatic rings. The Morgan fingerprint density at radius 3 is 2.61 bits per heavy atom. The number of sulfonamides is 1. The zero-order valence-electron chi connectivity index (χ0n) is 10.9. The summed E-state index contributed by atoms with van der Waals surface area (Å²) in [6.07, 6.45) is 0. The van der Waals surface area contributed by atoms with E-state index in [-0.39, 0.29) is 18.2 Å². The first kappa shape index (κ1) is 14.9. The average Bonchev–Trinajstić information content (AvgIpc) is 2.67. The second-order valence-corrected chi connectivity index (χ2v) is 6.03. The largest absolute Gasteiger partial charge is 0.392 e. The molecule has 0 saturated carbocycles. The van der Waals surface area contributed by atoms with Crippen LogP contribution in [0.2, 0.25) is 0 Å². The summed E-state index contributed by atoms with van der Waals surface area (Å²) in [4.78, 5) is 0. The van der Waals surface area contributed by atoms with E-state index in [1.807, 2.05) is 0 Å². The Morgan fingerprint density at radius 1 is 1.56 bits per heavy atom. The number of nitrogens with zero attached hydrogens (tertiary/aromatic N) is 2. The van der Waals surface area contributed by atoms with Gasteiger partial charge in [0.1, 0.15) is 0 Å². The molecule has 0 aliphatic heterocycles. The van der Waals surface area contributed by atoms with Crippen molar-refractivity contribution in [3.8, 4) is 0 Å². The van der Waals surface area contributed by atoms with Crippen LogP contribution in [0.5, 0.6) is 0 Å². The van der Waals surface area contributed by atoms with Gasteiger partial charge in [0.25, 0.3) is 10.0 Å². The van der Waals surface area contributed by atoms with Crippen LogP contribution in [-0.2, 0) is 16.6 Å². The highest BCUT2D eigenvalue weighted by Crippen LogP contribution is 2.20. The van der Waals surface area contributed by atoms with Crippen LogP contribution < -0.4 is 0 Å². The maximum absolute atomic E-state index is 12.4. The highest BCUT2D eigenvalue weighted by molar-refractivity contribution is 7.89. The van der Waals surface area contributed by atoms with Gasteiger partial charge in [-0.05, 0) is 13.8 Å². The van der Waals surface area contributed by atoms with Gasteiger partial charge in [-0.25, -0.2) is 8.42 Å². The van der Waals surface area contributed by atoms with Crippen molar-refractivity contribution in [2.45, 2.75) is 32.4 Å². The minimum Gasteiger partial charge on any atom is -0.392 e. The quantitative estimate of drug-likeness (QED) is 0.751. The van der Waals surface area contributed by atoms with Gasteiger partial charge in [0.2, 0.25) is 0 Å². The van der Waals surface area contributed by atoms with E-state index in [2.05, 4.69) is 16.8 Å². The fourth-order valence-corrected chi connectivity index (χ4v) is 3.28. The van der Waals surface area contributed by atoms with Gasteiger partial charge in [-0.2, -0.15) is 9.40 Å². The lowest BCUT2D eigenvalue weighted by Gasteiger charge is -2.19. The van der Waals surface area contributed by atoms with Gasteiger partial charge in [-0.15, -0.1) is 0 Å². The Balaban J connectivity index is 3.22. The van der Waals surface area contributed by atoms with E-state index in [0.29, 0.717) is 17.8 Å². The van der Waals surface area contributed by atoms with Crippen LogP contribution in [0.25, 0.3) is 0 Å². The van der Waals surface area contributed by atoms with Crippen molar-refractivity contribution in [3.63, 3.8) is 0 Å². The number of aliphatic hydroxyl groups excluding tert-OH is 1. The second-order valence-electron chi connectivity index (χ2n) is 4.18. The van der Waals surface area contributed by atoms with E-state index in [9.17, 15) is 13.5 Å². The molecule has 0 aliphatic rings. The van der Waals surface area contributed by atoms with Gasteiger partial charge < -0.3 is 5.11 Å². The molecule has 0 bridgehead atoms. The van der Waals surface area contributed by atoms with Crippen LogP contribution >= 0.6 is 0 Å². The first-order valence-corrected chi connectivity index (χ1v) is 7.07. The van der Waals surface area contributed by atoms with Gasteiger partial charge in [0.05, 0.1) is 6.61 Å². The molecule has 2 N–H and O–H groups in total. The highest BCUT2D eigenvalue weighted by atomic mass is 32.2. The van der Waals surface area contributed by atoms with Crippen molar-refractivity contribution in [1.29, 1.82) is 0 Å². The number of aromatic nitrogens is 2. The summed E-state index contributed by atoms with van der Waals surface area (Å²) in [7, 11) is -3.70. The Kier molecular flexibility index (Phi) is 4.66. The molecule has 0 atom stereocenters. The predicted molar refractivity (Wildman–Crippen MR) is 68.5 cm³/mol. The second kappa shape index (κ2) is 5.64. The maximum atomic E-state index is 12.4. The van der Waals surface area contributed by atoms with Crippen molar-refractivity contribution >= 4 is 10.0 Å². The molecular weight excluding hydrogens is 254 g/mol. The summed E-state index contributed by atoms with van der Waals surface area (Å²) >= 11 is 0. The van der Waals surface area contributed by atoms with E-state index >= 15 is 0 Å². The Bertz CT molecular complexity index is 534. The zero-order chi connectivity index (χ0) is 13.9. The topological polar surface area (TPSA) is 86.3 Å². The minimum absolute atomic E-state index is 0.106. The Hall–Kier alpha value is -1.18. The summed E-state index contributed by atoms with van der Waals surface area (Å²) < 4.78 is 26.0. The molecule has 0 radical (unpaired) electrons. The molecule has 1 aromatic heterocycles. The lowest BCUT2D eigenvalue weighted by atomic mass is 10.3. The SMILES string of the molecule is C=C(C)CN(CC)S(=O)(=O)c1n[nH]c(C)c1CO. The third kappa shape index (κ3) is 2.80. The molecule has 0 amide bonds. The molecule has 102 valence electrons. The number of aryl methyl sites for hydroxylation is 1. The van der Waals surface area contributed by atoms with Crippen molar-refractivity contribution in [3.05, 3.63) is 23.4 Å². The van der Waals surface area contributed by atoms with E-state index in [4.69, 9.17) is 0 Å². The molecule has 1 rings (SSSR count). The molecule has 0 unspecified atom stereocenters. The smallest absolute Gasteiger partial charge is 0.263 e. The van der Waals surface area contributed by atoms with Crippen LogP contribution in [0, 0.1) is 6.92 Å². The van der Waals surface area contributed by atoms with Crippen molar-refractivity contribution in [2.75, 3.05) is 13.1 Å². The average molecular weight is 273 g/mol. The van der Waals surface area contributed by atoms with Crippen LogP contribution in [0.1, 0.15) is 25.1 Å². The number of hydrogen-bond acceptors (Lipinski definition) is 4. The zero-order valence-corrected chi connectivity index (χ0v) is 11.7. The van der Waals surface area contributed by atoms with Crippen molar-refractivity contribution in [1.82, 2.24) is 14.5 Å². The predicted octanol–water partition coefficient (Wildman–Crippen LogP) is 0.797. The van der Waals surface area contributed by atoms with Crippen LogP contribution in [-0.4, -0.2) is 41.1 Å². The summed E-state index contributed by atoms with van der Waals surface area (Å²) in [6.45, 7) is 9.11. The normalized spacial score (nSPS) is 12.1. The first-order chi connectivity index (χ1) is 8.34. The molecule has 0 fully saturated rings. The maximum Gasteiger partial charge on any atom is 0.263 e. The number of aliphatic hydroxyl groups is 1.